The van der Waals surface area contributed by atoms with Crippen LogP contribution >= 0.6 is 0 Å². The zero-order valence-electron chi connectivity index (χ0n) is 22.2. The summed E-state index contributed by atoms with van der Waals surface area (Å²) in [5.41, 5.74) is 6.10. The Balaban J connectivity index is 1.88. The largest absolute Gasteiger partial charge is 0.410 e. The second-order valence-electron chi connectivity index (χ2n) is 12.4. The summed E-state index contributed by atoms with van der Waals surface area (Å²) in [6, 6.07) is 0. The van der Waals surface area contributed by atoms with Crippen LogP contribution in [0.4, 0.5) is 0 Å². The minimum Gasteiger partial charge on any atom is -0.410 e. The number of rotatable bonds is 7. The van der Waals surface area contributed by atoms with E-state index in [1.165, 1.54) is 55.3 Å². The summed E-state index contributed by atoms with van der Waals surface area (Å²) in [4.78, 5) is 5.33. The van der Waals surface area contributed by atoms with Crippen LogP contribution in [0.2, 0.25) is 18.1 Å². The Morgan fingerprint density at radius 2 is 1.50 bits per heavy atom. The highest BCUT2D eigenvalue weighted by molar-refractivity contribution is 7.85. The predicted octanol–water partition coefficient (Wildman–Crippen LogP) is 7.27. The number of fused-ring (bicyclic) bond motifs is 1. The lowest BCUT2D eigenvalue weighted by molar-refractivity contribution is 0.160. The van der Waals surface area contributed by atoms with Crippen molar-refractivity contribution in [3.8, 4) is 0 Å². The summed E-state index contributed by atoms with van der Waals surface area (Å²) in [7, 11) is -5.52. The van der Waals surface area contributed by atoms with E-state index in [4.69, 9.17) is 13.6 Å². The molecule has 1 unspecified atom stereocenters. The van der Waals surface area contributed by atoms with Crippen molar-refractivity contribution in [3.05, 3.63) is 28.1 Å². The average molecular weight is 508 g/mol. The molecular formula is C27H45NO4SSi. The SMILES string of the molecule is CC(C)(C)[Si](C)(C)OC1CCCc2nc(C3CCCC3)c(COS(C)(=O)=O)c(C3CCCC3)c21. The molecule has 7 heteroatoms. The first-order chi connectivity index (χ1) is 15.9. The van der Waals surface area contributed by atoms with Gasteiger partial charge in [-0.2, -0.15) is 8.42 Å². The predicted molar refractivity (Wildman–Crippen MR) is 140 cm³/mol. The van der Waals surface area contributed by atoms with Gasteiger partial charge in [-0.15, -0.1) is 0 Å². The molecule has 1 aromatic heterocycles. The average Bonchev–Trinajstić information content (AvgIpc) is 3.44. The molecule has 2 saturated carbocycles. The number of nitrogens with zero attached hydrogens (tertiary/aromatic N) is 1. The third kappa shape index (κ3) is 5.63. The monoisotopic (exact) mass is 507 g/mol. The number of hydrogen-bond acceptors (Lipinski definition) is 5. The summed E-state index contributed by atoms with van der Waals surface area (Å²) in [6.07, 6.45) is 13.9. The third-order valence-corrected chi connectivity index (χ3v) is 13.9. The van der Waals surface area contributed by atoms with Crippen LogP contribution in [0.3, 0.4) is 0 Å². The van der Waals surface area contributed by atoms with Gasteiger partial charge in [0.1, 0.15) is 0 Å². The second-order valence-corrected chi connectivity index (χ2v) is 18.8. The third-order valence-electron chi connectivity index (χ3n) is 8.86. The van der Waals surface area contributed by atoms with Gasteiger partial charge in [-0.1, -0.05) is 46.5 Å². The fourth-order valence-corrected chi connectivity index (χ4v) is 7.70. The van der Waals surface area contributed by atoms with Gasteiger partial charge in [0.25, 0.3) is 10.1 Å². The quantitative estimate of drug-likeness (QED) is 0.287. The van der Waals surface area contributed by atoms with Gasteiger partial charge in [0.05, 0.1) is 19.0 Å². The first-order valence-corrected chi connectivity index (χ1v) is 18.2. The van der Waals surface area contributed by atoms with Crippen LogP contribution < -0.4 is 0 Å². The Hall–Kier alpha value is -0.763. The standard InChI is InChI=1S/C27H45NO4SSi/c1-27(2,3)34(5,6)32-23-17-11-16-22-25(23)24(19-12-7-8-13-19)21(18-31-33(4,29)30)26(28-22)20-14-9-10-15-20/h19-20,23H,7-18H2,1-6H3. The van der Waals surface area contributed by atoms with E-state index < -0.39 is 18.4 Å². The van der Waals surface area contributed by atoms with Gasteiger partial charge in [-0.05, 0) is 74.6 Å². The van der Waals surface area contributed by atoms with Crippen LogP contribution in [-0.4, -0.2) is 28.0 Å². The van der Waals surface area contributed by atoms with Gasteiger partial charge in [0.2, 0.25) is 0 Å². The van der Waals surface area contributed by atoms with Gasteiger partial charge in [0, 0.05) is 28.4 Å². The van der Waals surface area contributed by atoms with Crippen molar-refractivity contribution < 1.29 is 17.0 Å². The van der Waals surface area contributed by atoms with E-state index in [0.29, 0.717) is 11.8 Å². The van der Waals surface area contributed by atoms with Crippen molar-refractivity contribution in [2.45, 2.75) is 134 Å². The van der Waals surface area contributed by atoms with Crippen molar-refractivity contribution in [1.82, 2.24) is 4.98 Å². The Labute approximate surface area is 208 Å². The molecule has 3 aliphatic rings. The summed E-state index contributed by atoms with van der Waals surface area (Å²) in [5, 5.41) is 0.136. The van der Waals surface area contributed by atoms with Crippen molar-refractivity contribution in [2.24, 2.45) is 0 Å². The number of aromatic nitrogens is 1. The molecule has 5 nitrogen and oxygen atoms in total. The van der Waals surface area contributed by atoms with E-state index in [1.54, 1.807) is 0 Å². The molecule has 0 saturated heterocycles. The highest BCUT2D eigenvalue weighted by Crippen LogP contribution is 2.49. The molecule has 0 aromatic carbocycles. The number of hydrogen-bond donors (Lipinski definition) is 0. The first kappa shape index (κ1) is 26.3. The molecule has 0 radical (unpaired) electrons. The van der Waals surface area contributed by atoms with E-state index in [9.17, 15) is 8.42 Å². The molecule has 0 amide bonds. The molecule has 0 N–H and O–H groups in total. The number of pyridine rings is 1. The zero-order chi connectivity index (χ0) is 24.7. The molecule has 0 aliphatic heterocycles. The minimum atomic E-state index is -3.54. The van der Waals surface area contributed by atoms with Crippen molar-refractivity contribution >= 4 is 18.4 Å². The maximum atomic E-state index is 12.1. The van der Waals surface area contributed by atoms with Crippen LogP contribution in [0.1, 0.15) is 131 Å². The topological polar surface area (TPSA) is 65.5 Å². The van der Waals surface area contributed by atoms with E-state index >= 15 is 0 Å². The molecule has 0 bridgehead atoms. The molecule has 1 atom stereocenters. The van der Waals surface area contributed by atoms with Crippen molar-refractivity contribution in [2.75, 3.05) is 6.26 Å². The van der Waals surface area contributed by atoms with E-state index in [1.807, 2.05) is 0 Å². The highest BCUT2D eigenvalue weighted by atomic mass is 32.2. The maximum Gasteiger partial charge on any atom is 0.264 e. The molecule has 3 aliphatic carbocycles. The normalized spacial score (nSPS) is 22.9. The Kier molecular flexibility index (Phi) is 7.69. The van der Waals surface area contributed by atoms with Crippen LogP contribution in [0.5, 0.6) is 0 Å². The minimum absolute atomic E-state index is 0.0577. The van der Waals surface area contributed by atoms with E-state index in [2.05, 4.69) is 33.9 Å². The summed E-state index contributed by atoms with van der Waals surface area (Å²) in [5.74, 6) is 0.879. The summed E-state index contributed by atoms with van der Waals surface area (Å²) < 4.78 is 36.7. The van der Waals surface area contributed by atoms with Crippen molar-refractivity contribution in [3.63, 3.8) is 0 Å². The second kappa shape index (κ2) is 9.95. The molecule has 1 aromatic rings. The van der Waals surface area contributed by atoms with Gasteiger partial charge in [-0.3, -0.25) is 9.17 Å². The maximum absolute atomic E-state index is 12.1. The lowest BCUT2D eigenvalue weighted by Gasteiger charge is -2.42. The molecule has 34 heavy (non-hydrogen) atoms. The molecule has 1 heterocycles. The zero-order valence-corrected chi connectivity index (χ0v) is 24.0. The lowest BCUT2D eigenvalue weighted by Crippen LogP contribution is -2.42. The van der Waals surface area contributed by atoms with Gasteiger partial charge >= 0.3 is 0 Å². The van der Waals surface area contributed by atoms with Crippen molar-refractivity contribution in [1.29, 1.82) is 0 Å². The van der Waals surface area contributed by atoms with Crippen LogP contribution in [0.25, 0.3) is 0 Å². The smallest absolute Gasteiger partial charge is 0.264 e. The van der Waals surface area contributed by atoms with Gasteiger partial charge in [0.15, 0.2) is 8.32 Å². The molecule has 2 fully saturated rings. The van der Waals surface area contributed by atoms with E-state index in [0.717, 1.165) is 49.6 Å². The molecule has 4 rings (SSSR count). The first-order valence-electron chi connectivity index (χ1n) is 13.4. The Bertz CT molecular complexity index is 987. The van der Waals surface area contributed by atoms with Crippen LogP contribution in [0.15, 0.2) is 0 Å². The van der Waals surface area contributed by atoms with Gasteiger partial charge in [-0.25, -0.2) is 0 Å². The fourth-order valence-electron chi connectivity index (χ4n) is 6.06. The fraction of sp³-hybridized carbons (Fsp3) is 0.815. The summed E-state index contributed by atoms with van der Waals surface area (Å²) >= 11 is 0. The molecule has 192 valence electrons. The Morgan fingerprint density at radius 3 is 2.06 bits per heavy atom. The highest BCUT2D eigenvalue weighted by Gasteiger charge is 2.42. The molecule has 0 spiro atoms. The van der Waals surface area contributed by atoms with Gasteiger partial charge < -0.3 is 4.43 Å². The summed E-state index contributed by atoms with van der Waals surface area (Å²) in [6.45, 7) is 11.7. The van der Waals surface area contributed by atoms with Crippen LogP contribution in [0, 0.1) is 0 Å². The Morgan fingerprint density at radius 1 is 0.912 bits per heavy atom. The molecular weight excluding hydrogens is 462 g/mol. The number of aryl methyl sites for hydroxylation is 1. The lowest BCUT2D eigenvalue weighted by atomic mass is 9.79. The van der Waals surface area contributed by atoms with Crippen LogP contribution in [-0.2, 0) is 31.8 Å². The van der Waals surface area contributed by atoms with E-state index in [-0.39, 0.29) is 17.7 Å².